The number of nitrogens with zero attached hydrogens (tertiary/aromatic N) is 1. The molecule has 0 atom stereocenters. The van der Waals surface area contributed by atoms with E-state index in [1.165, 1.54) is 0 Å². The topological polar surface area (TPSA) is 82.6 Å². The molecule has 110 valence electrons. The number of amidine groups is 1. The predicted molar refractivity (Wildman–Crippen MR) is 80.7 cm³/mol. The number of aliphatic hydroxyl groups is 1. The van der Waals surface area contributed by atoms with Crippen molar-refractivity contribution in [1.82, 2.24) is 0 Å². The minimum absolute atomic E-state index is 0.0161. The number of aliphatic hydroxyl groups excluding tert-OH is 1. The molecule has 5 nitrogen and oxygen atoms in total. The van der Waals surface area contributed by atoms with Gasteiger partial charge in [0.25, 0.3) is 0 Å². The van der Waals surface area contributed by atoms with Crippen LogP contribution in [0.1, 0.15) is 18.4 Å². The summed E-state index contributed by atoms with van der Waals surface area (Å²) in [5.74, 6) is -0.0161. The number of rotatable bonds is 5. The number of hydrogen-bond donors (Lipinski definition) is 3. The van der Waals surface area contributed by atoms with E-state index in [9.17, 15) is 0 Å². The SMILES string of the molecule is N=C(N)c1ccc(N2CCC(OCCO)CC2)cc1Cl. The van der Waals surface area contributed by atoms with Crippen LogP contribution in [0.5, 0.6) is 0 Å². The molecule has 0 spiro atoms. The number of hydrogen-bond acceptors (Lipinski definition) is 4. The molecule has 0 amide bonds. The summed E-state index contributed by atoms with van der Waals surface area (Å²) >= 11 is 6.14. The number of nitrogens with two attached hydrogens (primary N) is 1. The Balaban J connectivity index is 1.97. The quantitative estimate of drug-likeness (QED) is 0.569. The van der Waals surface area contributed by atoms with E-state index in [4.69, 9.17) is 32.6 Å². The van der Waals surface area contributed by atoms with Gasteiger partial charge in [0.15, 0.2) is 0 Å². The molecule has 0 unspecified atom stereocenters. The van der Waals surface area contributed by atoms with E-state index in [0.717, 1.165) is 31.6 Å². The lowest BCUT2D eigenvalue weighted by molar-refractivity contribution is 0.0159. The number of halogens is 1. The summed E-state index contributed by atoms with van der Waals surface area (Å²) in [6.07, 6.45) is 2.10. The van der Waals surface area contributed by atoms with Gasteiger partial charge in [-0.15, -0.1) is 0 Å². The standard InChI is InChI=1S/C14H20ClN3O2/c15-13-9-10(1-2-12(13)14(16)17)18-5-3-11(4-6-18)20-8-7-19/h1-2,9,11,19H,3-8H2,(H3,16,17). The molecule has 1 aliphatic rings. The summed E-state index contributed by atoms with van der Waals surface area (Å²) in [6.45, 7) is 2.27. The minimum atomic E-state index is -0.0161. The van der Waals surface area contributed by atoms with Gasteiger partial charge in [-0.3, -0.25) is 5.41 Å². The molecular weight excluding hydrogens is 278 g/mol. The predicted octanol–water partition coefficient (Wildman–Crippen LogP) is 1.60. The molecule has 1 saturated heterocycles. The van der Waals surface area contributed by atoms with Gasteiger partial charge in [0.05, 0.1) is 24.3 Å². The van der Waals surface area contributed by atoms with Gasteiger partial charge in [0.2, 0.25) is 0 Å². The Morgan fingerprint density at radius 2 is 2.15 bits per heavy atom. The first kappa shape index (κ1) is 15.1. The van der Waals surface area contributed by atoms with Crippen molar-refractivity contribution in [2.45, 2.75) is 18.9 Å². The zero-order valence-corrected chi connectivity index (χ0v) is 12.1. The first-order valence-corrected chi connectivity index (χ1v) is 7.11. The molecule has 1 aliphatic heterocycles. The fourth-order valence-corrected chi connectivity index (χ4v) is 2.70. The largest absolute Gasteiger partial charge is 0.394 e. The van der Waals surface area contributed by atoms with E-state index in [0.29, 0.717) is 17.2 Å². The van der Waals surface area contributed by atoms with E-state index in [1.54, 1.807) is 6.07 Å². The van der Waals surface area contributed by atoms with Crippen molar-refractivity contribution in [2.75, 3.05) is 31.2 Å². The van der Waals surface area contributed by atoms with E-state index in [1.807, 2.05) is 12.1 Å². The molecule has 20 heavy (non-hydrogen) atoms. The lowest BCUT2D eigenvalue weighted by atomic mass is 10.1. The minimum Gasteiger partial charge on any atom is -0.394 e. The second-order valence-electron chi connectivity index (χ2n) is 4.86. The fraction of sp³-hybridized carbons (Fsp3) is 0.500. The zero-order valence-electron chi connectivity index (χ0n) is 11.3. The van der Waals surface area contributed by atoms with Crippen LogP contribution in [0.2, 0.25) is 5.02 Å². The number of nitrogen functional groups attached to an aromatic ring is 1. The van der Waals surface area contributed by atoms with Crippen LogP contribution < -0.4 is 10.6 Å². The molecule has 2 rings (SSSR count). The summed E-state index contributed by atoms with van der Waals surface area (Å²) in [7, 11) is 0. The van der Waals surface area contributed by atoms with Crippen LogP contribution in [0.3, 0.4) is 0 Å². The van der Waals surface area contributed by atoms with Crippen molar-refractivity contribution in [1.29, 1.82) is 5.41 Å². The molecule has 1 fully saturated rings. The number of benzene rings is 1. The van der Waals surface area contributed by atoms with Gasteiger partial charge < -0.3 is 20.5 Å². The highest BCUT2D eigenvalue weighted by Gasteiger charge is 2.20. The van der Waals surface area contributed by atoms with Crippen LogP contribution in [0, 0.1) is 5.41 Å². The number of piperidine rings is 1. The van der Waals surface area contributed by atoms with E-state index in [-0.39, 0.29) is 18.5 Å². The monoisotopic (exact) mass is 297 g/mol. The van der Waals surface area contributed by atoms with Gasteiger partial charge >= 0.3 is 0 Å². The van der Waals surface area contributed by atoms with E-state index in [2.05, 4.69) is 4.90 Å². The summed E-state index contributed by atoms with van der Waals surface area (Å²) in [5, 5.41) is 16.7. The highest BCUT2D eigenvalue weighted by atomic mass is 35.5. The second kappa shape index (κ2) is 6.92. The molecule has 1 heterocycles. The first-order valence-electron chi connectivity index (χ1n) is 6.73. The number of anilines is 1. The van der Waals surface area contributed by atoms with Crippen LogP contribution in [-0.2, 0) is 4.74 Å². The smallest absolute Gasteiger partial charge is 0.124 e. The zero-order chi connectivity index (χ0) is 14.5. The van der Waals surface area contributed by atoms with Gasteiger partial charge in [-0.2, -0.15) is 0 Å². The lowest BCUT2D eigenvalue weighted by Crippen LogP contribution is -2.37. The highest BCUT2D eigenvalue weighted by Crippen LogP contribution is 2.26. The maximum atomic E-state index is 8.75. The van der Waals surface area contributed by atoms with Crippen molar-refractivity contribution >= 4 is 23.1 Å². The molecule has 0 aliphatic carbocycles. The van der Waals surface area contributed by atoms with Gasteiger partial charge in [-0.05, 0) is 31.0 Å². The number of nitrogens with one attached hydrogen (secondary N) is 1. The Morgan fingerprint density at radius 1 is 1.45 bits per heavy atom. The molecule has 0 saturated carbocycles. The van der Waals surface area contributed by atoms with Crippen LogP contribution in [0.4, 0.5) is 5.69 Å². The van der Waals surface area contributed by atoms with E-state index < -0.39 is 0 Å². The molecule has 0 aromatic heterocycles. The Labute approximate surface area is 123 Å². The normalized spacial score (nSPS) is 16.4. The van der Waals surface area contributed by atoms with Gasteiger partial charge in [-0.25, -0.2) is 0 Å². The molecule has 4 N–H and O–H groups in total. The van der Waals surface area contributed by atoms with Crippen molar-refractivity contribution in [3.8, 4) is 0 Å². The molecule has 1 aromatic rings. The average Bonchev–Trinajstić information content (AvgIpc) is 2.45. The Morgan fingerprint density at radius 3 is 2.70 bits per heavy atom. The summed E-state index contributed by atoms with van der Waals surface area (Å²) in [6, 6.07) is 5.58. The Kier molecular flexibility index (Phi) is 5.23. The van der Waals surface area contributed by atoms with Crippen LogP contribution >= 0.6 is 11.6 Å². The molecular formula is C14H20ClN3O2. The maximum absolute atomic E-state index is 8.75. The van der Waals surface area contributed by atoms with Crippen LogP contribution in [-0.4, -0.2) is 43.3 Å². The van der Waals surface area contributed by atoms with Crippen LogP contribution in [0.15, 0.2) is 18.2 Å². The summed E-state index contributed by atoms with van der Waals surface area (Å²) < 4.78 is 5.54. The Hall–Kier alpha value is -1.30. The fourth-order valence-electron chi connectivity index (χ4n) is 2.42. The number of ether oxygens (including phenoxy) is 1. The van der Waals surface area contributed by atoms with Gasteiger partial charge in [0, 0.05) is 24.3 Å². The maximum Gasteiger partial charge on any atom is 0.124 e. The van der Waals surface area contributed by atoms with E-state index >= 15 is 0 Å². The third-order valence-corrected chi connectivity index (χ3v) is 3.81. The van der Waals surface area contributed by atoms with Crippen LogP contribution in [0.25, 0.3) is 0 Å². The Bertz CT molecular complexity index is 473. The average molecular weight is 298 g/mol. The summed E-state index contributed by atoms with van der Waals surface area (Å²) in [4.78, 5) is 2.24. The van der Waals surface area contributed by atoms with Gasteiger partial charge in [0.1, 0.15) is 5.84 Å². The lowest BCUT2D eigenvalue weighted by Gasteiger charge is -2.33. The first-order chi connectivity index (χ1) is 9.61. The summed E-state index contributed by atoms with van der Waals surface area (Å²) in [5.41, 5.74) is 7.06. The molecule has 0 radical (unpaired) electrons. The highest BCUT2D eigenvalue weighted by molar-refractivity contribution is 6.34. The molecule has 6 heteroatoms. The molecule has 1 aromatic carbocycles. The van der Waals surface area contributed by atoms with Crippen molar-refractivity contribution < 1.29 is 9.84 Å². The second-order valence-corrected chi connectivity index (χ2v) is 5.27. The van der Waals surface area contributed by atoms with Gasteiger partial charge in [-0.1, -0.05) is 11.6 Å². The van der Waals surface area contributed by atoms with Crippen molar-refractivity contribution in [2.24, 2.45) is 5.73 Å². The molecule has 0 bridgehead atoms. The van der Waals surface area contributed by atoms with Crippen molar-refractivity contribution in [3.63, 3.8) is 0 Å². The third kappa shape index (κ3) is 3.62. The van der Waals surface area contributed by atoms with Crippen molar-refractivity contribution in [3.05, 3.63) is 28.8 Å². The third-order valence-electron chi connectivity index (χ3n) is 3.49.